The zero-order chi connectivity index (χ0) is 14.1. The molecule has 0 aliphatic heterocycles. The Morgan fingerprint density at radius 3 is 2.79 bits per heavy atom. The van der Waals surface area contributed by atoms with Crippen molar-refractivity contribution >= 4 is 0 Å². The molecule has 1 aromatic heterocycles. The molecule has 2 atom stereocenters. The largest absolute Gasteiger partial charge is 0.389 e. The molecule has 7 nitrogen and oxygen atoms in total. The summed E-state index contributed by atoms with van der Waals surface area (Å²) in [6.07, 6.45) is 1.11. The van der Waals surface area contributed by atoms with Gasteiger partial charge in [-0.2, -0.15) is 0 Å². The molecular formula is C12H24N4O3. The van der Waals surface area contributed by atoms with E-state index in [4.69, 9.17) is 9.47 Å². The van der Waals surface area contributed by atoms with Gasteiger partial charge in [-0.05, 0) is 13.8 Å². The number of aliphatic hydroxyl groups excluding tert-OH is 1. The number of aryl methyl sites for hydroxylation is 1. The van der Waals surface area contributed by atoms with E-state index in [0.29, 0.717) is 33.0 Å². The highest BCUT2D eigenvalue weighted by Crippen LogP contribution is 2.06. The Morgan fingerprint density at radius 1 is 1.42 bits per heavy atom. The minimum absolute atomic E-state index is 0.0329. The van der Waals surface area contributed by atoms with Crippen LogP contribution in [-0.2, 0) is 16.5 Å². The number of hydrogen-bond donors (Lipinski definition) is 2. The van der Waals surface area contributed by atoms with E-state index in [1.54, 1.807) is 6.33 Å². The highest BCUT2D eigenvalue weighted by molar-refractivity contribution is 4.92. The molecule has 0 bridgehead atoms. The second-order valence-corrected chi connectivity index (χ2v) is 4.36. The van der Waals surface area contributed by atoms with E-state index < -0.39 is 6.10 Å². The molecule has 0 fully saturated rings. The van der Waals surface area contributed by atoms with Crippen molar-refractivity contribution in [3.8, 4) is 0 Å². The topological polar surface area (TPSA) is 81.4 Å². The third-order valence-corrected chi connectivity index (χ3v) is 2.68. The monoisotopic (exact) mass is 272 g/mol. The first-order valence-corrected chi connectivity index (χ1v) is 6.56. The first-order chi connectivity index (χ1) is 9.15. The minimum Gasteiger partial charge on any atom is -0.389 e. The Kier molecular flexibility index (Phi) is 7.57. The lowest BCUT2D eigenvalue weighted by molar-refractivity contribution is 0.00577. The molecule has 0 aliphatic carbocycles. The zero-order valence-corrected chi connectivity index (χ0v) is 11.9. The van der Waals surface area contributed by atoms with Gasteiger partial charge in [0.2, 0.25) is 0 Å². The van der Waals surface area contributed by atoms with Crippen LogP contribution >= 0.6 is 0 Å². The molecule has 0 saturated carbocycles. The highest BCUT2D eigenvalue weighted by Gasteiger charge is 2.12. The number of nitrogens with one attached hydrogen (secondary N) is 1. The van der Waals surface area contributed by atoms with Crippen LogP contribution in [0.2, 0.25) is 0 Å². The molecule has 7 heteroatoms. The predicted octanol–water partition coefficient (Wildman–Crippen LogP) is -0.120. The lowest BCUT2D eigenvalue weighted by Crippen LogP contribution is -2.33. The Morgan fingerprint density at radius 2 is 2.16 bits per heavy atom. The summed E-state index contributed by atoms with van der Waals surface area (Å²) in [6.45, 7) is 6.41. The van der Waals surface area contributed by atoms with Gasteiger partial charge in [0.15, 0.2) is 0 Å². The maximum Gasteiger partial charge on any atom is 0.149 e. The Labute approximate surface area is 113 Å². The van der Waals surface area contributed by atoms with Gasteiger partial charge in [0.05, 0.1) is 32.0 Å². The molecule has 19 heavy (non-hydrogen) atoms. The maximum absolute atomic E-state index is 9.75. The molecule has 0 aliphatic rings. The van der Waals surface area contributed by atoms with E-state index in [1.165, 1.54) is 0 Å². The molecule has 2 unspecified atom stereocenters. The number of aromatic nitrogens is 3. The lowest BCUT2D eigenvalue weighted by Gasteiger charge is -2.16. The van der Waals surface area contributed by atoms with Crippen molar-refractivity contribution in [2.75, 3.05) is 33.0 Å². The van der Waals surface area contributed by atoms with E-state index in [0.717, 1.165) is 5.82 Å². The average Bonchev–Trinajstić information content (AvgIpc) is 2.82. The SMILES string of the molecule is CCOCCOCC(O)CNC(C)c1nncn1C. The standard InChI is InChI=1S/C12H24N4O3/c1-4-18-5-6-19-8-11(17)7-13-10(2)12-15-14-9-16(12)3/h9-11,13,17H,4-8H2,1-3H3. The molecule has 0 aromatic carbocycles. The van der Waals surface area contributed by atoms with Gasteiger partial charge in [-0.25, -0.2) is 0 Å². The van der Waals surface area contributed by atoms with Crippen LogP contribution in [0, 0.1) is 0 Å². The molecular weight excluding hydrogens is 248 g/mol. The van der Waals surface area contributed by atoms with Gasteiger partial charge in [-0.1, -0.05) is 0 Å². The van der Waals surface area contributed by atoms with Crippen molar-refractivity contribution in [2.45, 2.75) is 26.0 Å². The van der Waals surface area contributed by atoms with Crippen molar-refractivity contribution < 1.29 is 14.6 Å². The quantitative estimate of drug-likeness (QED) is 0.578. The normalized spacial score (nSPS) is 14.5. The molecule has 1 heterocycles. The van der Waals surface area contributed by atoms with Crippen molar-refractivity contribution in [1.82, 2.24) is 20.1 Å². The van der Waals surface area contributed by atoms with Gasteiger partial charge >= 0.3 is 0 Å². The van der Waals surface area contributed by atoms with Crippen molar-refractivity contribution in [2.24, 2.45) is 7.05 Å². The van der Waals surface area contributed by atoms with Crippen molar-refractivity contribution in [3.63, 3.8) is 0 Å². The zero-order valence-electron chi connectivity index (χ0n) is 11.9. The van der Waals surface area contributed by atoms with E-state index in [9.17, 15) is 5.11 Å². The van der Waals surface area contributed by atoms with Gasteiger partial charge in [0, 0.05) is 20.2 Å². The highest BCUT2D eigenvalue weighted by atomic mass is 16.5. The third-order valence-electron chi connectivity index (χ3n) is 2.68. The second-order valence-electron chi connectivity index (χ2n) is 4.36. The molecule has 110 valence electrons. The summed E-state index contributed by atoms with van der Waals surface area (Å²) in [7, 11) is 1.89. The van der Waals surface area contributed by atoms with E-state index in [-0.39, 0.29) is 6.04 Å². The number of ether oxygens (including phenoxy) is 2. The molecule has 2 N–H and O–H groups in total. The summed E-state index contributed by atoms with van der Waals surface area (Å²) in [5.74, 6) is 0.837. The van der Waals surface area contributed by atoms with Crippen LogP contribution < -0.4 is 5.32 Å². The third kappa shape index (κ3) is 6.11. The van der Waals surface area contributed by atoms with Crippen LogP contribution in [0.25, 0.3) is 0 Å². The van der Waals surface area contributed by atoms with Crippen LogP contribution in [0.4, 0.5) is 0 Å². The van der Waals surface area contributed by atoms with Crippen LogP contribution in [0.1, 0.15) is 25.7 Å². The summed E-state index contributed by atoms with van der Waals surface area (Å²) in [4.78, 5) is 0. The Balaban J connectivity index is 2.12. The summed E-state index contributed by atoms with van der Waals surface area (Å²) in [5, 5.41) is 20.8. The molecule has 0 saturated heterocycles. The number of aliphatic hydroxyl groups is 1. The maximum atomic E-state index is 9.75. The first kappa shape index (κ1) is 16.0. The number of rotatable bonds is 10. The number of nitrogens with zero attached hydrogens (tertiary/aromatic N) is 3. The van der Waals surface area contributed by atoms with Gasteiger partial charge < -0.3 is 24.5 Å². The molecule has 0 radical (unpaired) electrons. The smallest absolute Gasteiger partial charge is 0.149 e. The van der Waals surface area contributed by atoms with Gasteiger partial charge in [-0.3, -0.25) is 0 Å². The average molecular weight is 272 g/mol. The van der Waals surface area contributed by atoms with Crippen LogP contribution in [0.5, 0.6) is 0 Å². The van der Waals surface area contributed by atoms with Crippen LogP contribution in [0.3, 0.4) is 0 Å². The fourth-order valence-electron chi connectivity index (χ4n) is 1.63. The van der Waals surface area contributed by atoms with Crippen molar-refractivity contribution in [1.29, 1.82) is 0 Å². The van der Waals surface area contributed by atoms with Crippen LogP contribution in [-0.4, -0.2) is 58.9 Å². The summed E-state index contributed by atoms with van der Waals surface area (Å²) < 4.78 is 12.3. The second kappa shape index (κ2) is 8.98. The summed E-state index contributed by atoms with van der Waals surface area (Å²) in [6, 6.07) is 0.0329. The summed E-state index contributed by atoms with van der Waals surface area (Å²) >= 11 is 0. The van der Waals surface area contributed by atoms with Crippen LogP contribution in [0.15, 0.2) is 6.33 Å². The van der Waals surface area contributed by atoms with E-state index in [2.05, 4.69) is 15.5 Å². The van der Waals surface area contributed by atoms with E-state index in [1.807, 2.05) is 25.5 Å². The minimum atomic E-state index is -0.544. The molecule has 1 rings (SSSR count). The molecule has 1 aromatic rings. The lowest BCUT2D eigenvalue weighted by atomic mass is 10.3. The fraction of sp³-hybridized carbons (Fsp3) is 0.833. The summed E-state index contributed by atoms with van der Waals surface area (Å²) in [5.41, 5.74) is 0. The van der Waals surface area contributed by atoms with E-state index >= 15 is 0 Å². The Bertz CT molecular complexity index is 345. The Hall–Kier alpha value is -1.02. The van der Waals surface area contributed by atoms with Crippen molar-refractivity contribution in [3.05, 3.63) is 12.2 Å². The molecule has 0 spiro atoms. The van der Waals surface area contributed by atoms with Gasteiger partial charge in [0.25, 0.3) is 0 Å². The van der Waals surface area contributed by atoms with Gasteiger partial charge in [0.1, 0.15) is 12.2 Å². The molecule has 0 amide bonds. The van der Waals surface area contributed by atoms with Gasteiger partial charge in [-0.15, -0.1) is 10.2 Å². The predicted molar refractivity (Wildman–Crippen MR) is 70.7 cm³/mol. The number of hydrogen-bond acceptors (Lipinski definition) is 6. The fourth-order valence-corrected chi connectivity index (χ4v) is 1.63. The first-order valence-electron chi connectivity index (χ1n) is 6.56.